The van der Waals surface area contributed by atoms with Crippen LogP contribution in [0.5, 0.6) is 0 Å². The molecule has 1 atom stereocenters. The number of likely N-dealkylation sites (N-methyl/N-ethyl adjacent to an activating group) is 1. The van der Waals surface area contributed by atoms with Gasteiger partial charge in [-0.3, -0.25) is 13.9 Å². The van der Waals surface area contributed by atoms with Crippen LogP contribution in [-0.2, 0) is 32.6 Å². The van der Waals surface area contributed by atoms with Gasteiger partial charge in [0.1, 0.15) is 12.6 Å². The number of anilines is 1. The molecule has 0 radical (unpaired) electrons. The van der Waals surface area contributed by atoms with Gasteiger partial charge in [-0.25, -0.2) is 8.42 Å². The van der Waals surface area contributed by atoms with E-state index in [1.54, 1.807) is 44.2 Å². The number of hydrogen-bond donors (Lipinski definition) is 1. The maximum Gasteiger partial charge on any atom is 0.244 e. The van der Waals surface area contributed by atoms with Crippen LogP contribution in [-0.4, -0.2) is 50.5 Å². The Morgan fingerprint density at radius 2 is 1.62 bits per heavy atom. The normalized spacial score (nSPS) is 12.2. The minimum absolute atomic E-state index is 0.0417. The lowest BCUT2D eigenvalue weighted by Crippen LogP contribution is -2.52. The Morgan fingerprint density at radius 3 is 2.15 bits per heavy atom. The van der Waals surface area contributed by atoms with E-state index in [-0.39, 0.29) is 12.5 Å². The number of benzene rings is 2. The first-order valence-corrected chi connectivity index (χ1v) is 13.7. The van der Waals surface area contributed by atoms with Crippen molar-refractivity contribution in [2.75, 3.05) is 23.7 Å². The molecule has 0 aliphatic heterocycles. The molecule has 1 unspecified atom stereocenters. The average molecular weight is 529 g/mol. The molecule has 0 aromatic heterocycles. The van der Waals surface area contributed by atoms with Gasteiger partial charge in [-0.2, -0.15) is 0 Å². The van der Waals surface area contributed by atoms with Gasteiger partial charge in [-0.15, -0.1) is 0 Å². The van der Waals surface area contributed by atoms with E-state index in [1.807, 2.05) is 19.1 Å². The number of carbonyl (C=O) groups is 2. The molecular formula is C24H31Cl2N3O4S. The Kier molecular flexibility index (Phi) is 10.2. The second-order valence-electron chi connectivity index (χ2n) is 7.79. The van der Waals surface area contributed by atoms with E-state index in [1.165, 1.54) is 4.90 Å². The first kappa shape index (κ1) is 28.0. The molecular weight excluding hydrogens is 497 g/mol. The summed E-state index contributed by atoms with van der Waals surface area (Å²) in [5.41, 5.74) is 1.71. The SMILES string of the molecule is CCNC(=O)C(CC)N(Cc1c(Cl)cccc1Cl)C(=O)CN(c1ccccc1CC)S(C)(=O)=O. The third kappa shape index (κ3) is 6.87. The quantitative estimate of drug-likeness (QED) is 0.472. The minimum Gasteiger partial charge on any atom is -0.355 e. The van der Waals surface area contributed by atoms with Gasteiger partial charge >= 0.3 is 0 Å². The summed E-state index contributed by atoms with van der Waals surface area (Å²) in [7, 11) is -3.80. The highest BCUT2D eigenvalue weighted by Crippen LogP contribution is 2.28. The molecule has 2 rings (SSSR count). The standard InChI is InChI=1S/C24H31Cl2N3O4S/c1-5-17-11-8-9-14-22(17)29(34(4,32)33)16-23(30)28(21(6-2)24(31)27-7-3)15-18-19(25)12-10-13-20(18)26/h8-14,21H,5-7,15-16H2,1-4H3,(H,27,31). The van der Waals surface area contributed by atoms with Crippen molar-refractivity contribution in [1.29, 1.82) is 0 Å². The number of sulfonamides is 1. The van der Waals surface area contributed by atoms with Crippen LogP contribution in [0.3, 0.4) is 0 Å². The topological polar surface area (TPSA) is 86.8 Å². The van der Waals surface area contributed by atoms with E-state index >= 15 is 0 Å². The molecule has 7 nitrogen and oxygen atoms in total. The molecule has 186 valence electrons. The van der Waals surface area contributed by atoms with Crippen molar-refractivity contribution in [3.05, 3.63) is 63.6 Å². The maximum atomic E-state index is 13.7. The summed E-state index contributed by atoms with van der Waals surface area (Å²) in [4.78, 5) is 27.8. The predicted molar refractivity (Wildman–Crippen MR) is 138 cm³/mol. The number of rotatable bonds is 11. The number of halogens is 2. The number of nitrogens with zero attached hydrogens (tertiary/aromatic N) is 2. The fourth-order valence-corrected chi connectivity index (χ4v) is 5.11. The van der Waals surface area contributed by atoms with Gasteiger partial charge < -0.3 is 10.2 Å². The summed E-state index contributed by atoms with van der Waals surface area (Å²) in [5, 5.41) is 3.46. The highest BCUT2D eigenvalue weighted by Gasteiger charge is 2.32. The number of aryl methyl sites for hydroxylation is 1. The summed E-state index contributed by atoms with van der Waals surface area (Å²) >= 11 is 12.7. The molecule has 2 amide bonds. The molecule has 0 bridgehead atoms. The van der Waals surface area contributed by atoms with Gasteiger partial charge in [0.25, 0.3) is 0 Å². The van der Waals surface area contributed by atoms with Crippen LogP contribution in [0.25, 0.3) is 0 Å². The molecule has 0 spiro atoms. The summed E-state index contributed by atoms with van der Waals surface area (Å²) in [5.74, 6) is -0.869. The summed E-state index contributed by atoms with van der Waals surface area (Å²) in [6.07, 6.45) is 1.97. The third-order valence-electron chi connectivity index (χ3n) is 5.45. The van der Waals surface area contributed by atoms with E-state index in [0.717, 1.165) is 16.1 Å². The van der Waals surface area contributed by atoms with Crippen molar-refractivity contribution in [3.63, 3.8) is 0 Å². The van der Waals surface area contributed by atoms with Crippen LogP contribution < -0.4 is 9.62 Å². The Balaban J connectivity index is 2.53. The van der Waals surface area contributed by atoms with E-state index in [9.17, 15) is 18.0 Å². The molecule has 2 aromatic rings. The van der Waals surface area contributed by atoms with Crippen LogP contribution in [0.15, 0.2) is 42.5 Å². The maximum absolute atomic E-state index is 13.7. The number of hydrogen-bond acceptors (Lipinski definition) is 4. The van der Waals surface area contributed by atoms with Crippen LogP contribution in [0.4, 0.5) is 5.69 Å². The van der Waals surface area contributed by atoms with Crippen LogP contribution in [0, 0.1) is 0 Å². The molecule has 0 saturated carbocycles. The van der Waals surface area contributed by atoms with E-state index in [4.69, 9.17) is 23.2 Å². The van der Waals surface area contributed by atoms with Crippen molar-refractivity contribution >= 4 is 50.7 Å². The van der Waals surface area contributed by atoms with E-state index in [2.05, 4.69) is 5.32 Å². The molecule has 0 heterocycles. The Hall–Kier alpha value is -2.29. The smallest absolute Gasteiger partial charge is 0.244 e. The number of nitrogens with one attached hydrogen (secondary N) is 1. The van der Waals surface area contributed by atoms with E-state index in [0.29, 0.717) is 40.7 Å². The van der Waals surface area contributed by atoms with Gasteiger partial charge in [0.2, 0.25) is 21.8 Å². The van der Waals surface area contributed by atoms with Crippen molar-refractivity contribution in [2.45, 2.75) is 46.2 Å². The third-order valence-corrected chi connectivity index (χ3v) is 7.28. The largest absolute Gasteiger partial charge is 0.355 e. The molecule has 0 saturated heterocycles. The summed E-state index contributed by atoms with van der Waals surface area (Å²) in [6.45, 7) is 5.37. The molecule has 2 aromatic carbocycles. The van der Waals surface area contributed by atoms with E-state index < -0.39 is 28.5 Å². The van der Waals surface area contributed by atoms with Gasteiger partial charge in [-0.1, -0.05) is 61.3 Å². The van der Waals surface area contributed by atoms with Crippen molar-refractivity contribution in [3.8, 4) is 0 Å². The average Bonchev–Trinajstić information content (AvgIpc) is 2.78. The second kappa shape index (κ2) is 12.4. The van der Waals surface area contributed by atoms with Gasteiger partial charge in [0.15, 0.2) is 0 Å². The lowest BCUT2D eigenvalue weighted by Gasteiger charge is -2.33. The number of para-hydroxylation sites is 1. The van der Waals surface area contributed by atoms with Gasteiger partial charge in [-0.05, 0) is 43.5 Å². The molecule has 34 heavy (non-hydrogen) atoms. The molecule has 10 heteroatoms. The van der Waals surface area contributed by atoms with Gasteiger partial charge in [0.05, 0.1) is 11.9 Å². The second-order valence-corrected chi connectivity index (χ2v) is 10.5. The zero-order valence-electron chi connectivity index (χ0n) is 19.8. The van der Waals surface area contributed by atoms with Gasteiger partial charge in [0, 0.05) is 28.7 Å². The van der Waals surface area contributed by atoms with Crippen molar-refractivity contribution in [2.24, 2.45) is 0 Å². The fraction of sp³-hybridized carbons (Fsp3) is 0.417. The minimum atomic E-state index is -3.80. The first-order chi connectivity index (χ1) is 16.0. The van der Waals surface area contributed by atoms with Crippen molar-refractivity contribution in [1.82, 2.24) is 10.2 Å². The molecule has 0 aliphatic carbocycles. The number of carbonyl (C=O) groups excluding carboxylic acids is 2. The molecule has 0 fully saturated rings. The Bertz CT molecular complexity index is 1100. The Morgan fingerprint density at radius 1 is 1.00 bits per heavy atom. The molecule has 0 aliphatic rings. The molecule has 1 N–H and O–H groups in total. The summed E-state index contributed by atoms with van der Waals surface area (Å²) in [6, 6.07) is 11.2. The highest BCUT2D eigenvalue weighted by molar-refractivity contribution is 7.92. The Labute approximate surface area is 212 Å². The number of amides is 2. The zero-order valence-corrected chi connectivity index (χ0v) is 22.2. The lowest BCUT2D eigenvalue weighted by atomic mass is 10.1. The predicted octanol–water partition coefficient (Wildman–Crippen LogP) is 4.27. The van der Waals surface area contributed by atoms with Crippen molar-refractivity contribution < 1.29 is 18.0 Å². The van der Waals surface area contributed by atoms with Crippen LogP contribution in [0.1, 0.15) is 38.3 Å². The highest BCUT2D eigenvalue weighted by atomic mass is 35.5. The van der Waals surface area contributed by atoms with Crippen LogP contribution >= 0.6 is 23.2 Å². The fourth-order valence-electron chi connectivity index (χ4n) is 3.71. The lowest BCUT2D eigenvalue weighted by molar-refractivity contribution is -0.140. The monoisotopic (exact) mass is 527 g/mol. The zero-order chi connectivity index (χ0) is 25.5. The summed E-state index contributed by atoms with van der Waals surface area (Å²) < 4.78 is 26.6. The first-order valence-electron chi connectivity index (χ1n) is 11.1. The van der Waals surface area contributed by atoms with Crippen LogP contribution in [0.2, 0.25) is 10.0 Å².